The van der Waals surface area contributed by atoms with Crippen LogP contribution in [0, 0.1) is 13.8 Å². The Morgan fingerprint density at radius 2 is 1.31 bits per heavy atom. The van der Waals surface area contributed by atoms with Crippen LogP contribution >= 0.6 is 0 Å². The predicted molar refractivity (Wildman–Crippen MR) is 157 cm³/mol. The molecule has 0 saturated carbocycles. The van der Waals surface area contributed by atoms with E-state index in [1.807, 2.05) is 24.8 Å². The fourth-order valence-electron chi connectivity index (χ4n) is 5.90. The molecule has 7 rings (SSSR count). The quantitative estimate of drug-likeness (QED) is 0.238. The topological polar surface area (TPSA) is 39.5 Å². The van der Waals surface area contributed by atoms with E-state index in [2.05, 4.69) is 136 Å². The van der Waals surface area contributed by atoms with E-state index >= 15 is 0 Å². The lowest BCUT2D eigenvalue weighted by Gasteiger charge is -2.14. The van der Waals surface area contributed by atoms with Crippen molar-refractivity contribution in [2.75, 3.05) is 0 Å². The molecule has 0 atom stereocenters. The Balaban J connectivity index is 1.36. The first kappa shape index (κ1) is 23.1. The average Bonchev–Trinajstić information content (AvgIpc) is 3.51. The van der Waals surface area contributed by atoms with Gasteiger partial charge in [0.1, 0.15) is 18.1 Å². The van der Waals surface area contributed by atoms with E-state index in [9.17, 15) is 0 Å². The summed E-state index contributed by atoms with van der Waals surface area (Å²) in [7, 11) is 2.10. The van der Waals surface area contributed by atoms with Crippen molar-refractivity contribution in [3.05, 3.63) is 127 Å². The van der Waals surface area contributed by atoms with Crippen LogP contribution in [0.3, 0.4) is 0 Å². The number of nitrogens with zero attached hydrogens (tertiary/aromatic N) is 5. The van der Waals surface area contributed by atoms with Gasteiger partial charge in [-0.3, -0.25) is 9.97 Å². The molecule has 4 heterocycles. The SMILES string of the molecule is Cc1cc(-c2cccc(-n3c4ccncc4c4cnccc43)c2)cc(C)c1-n1cc[n+](C)c1-c1ccccc1. The molecule has 188 valence electrons. The Hall–Kier alpha value is -5.03. The molecule has 0 fully saturated rings. The van der Waals surface area contributed by atoms with Crippen LogP contribution in [0.25, 0.3) is 55.7 Å². The van der Waals surface area contributed by atoms with Gasteiger partial charge >= 0.3 is 0 Å². The van der Waals surface area contributed by atoms with Crippen molar-refractivity contribution < 1.29 is 4.57 Å². The predicted octanol–water partition coefficient (Wildman–Crippen LogP) is 7.14. The molecule has 5 heteroatoms. The highest BCUT2D eigenvalue weighted by atomic mass is 15.1. The van der Waals surface area contributed by atoms with E-state index in [0.29, 0.717) is 0 Å². The summed E-state index contributed by atoms with van der Waals surface area (Å²) in [4.78, 5) is 8.74. The van der Waals surface area contributed by atoms with Gasteiger partial charge in [-0.1, -0.05) is 30.3 Å². The van der Waals surface area contributed by atoms with Crippen molar-refractivity contribution in [2.45, 2.75) is 13.8 Å². The van der Waals surface area contributed by atoms with Gasteiger partial charge in [-0.05, 0) is 84.6 Å². The van der Waals surface area contributed by atoms with Gasteiger partial charge in [-0.2, -0.15) is 4.57 Å². The lowest BCUT2D eigenvalue weighted by molar-refractivity contribution is -0.659. The maximum absolute atomic E-state index is 4.37. The summed E-state index contributed by atoms with van der Waals surface area (Å²) < 4.78 is 6.79. The van der Waals surface area contributed by atoms with E-state index in [0.717, 1.165) is 33.3 Å². The third-order valence-electron chi connectivity index (χ3n) is 7.57. The van der Waals surface area contributed by atoms with Crippen molar-refractivity contribution in [1.82, 2.24) is 19.1 Å². The van der Waals surface area contributed by atoms with Crippen molar-refractivity contribution in [3.8, 4) is 33.9 Å². The molecule has 0 amide bonds. The monoisotopic (exact) mass is 506 g/mol. The molecule has 5 nitrogen and oxygen atoms in total. The molecule has 0 unspecified atom stereocenters. The number of hydrogen-bond acceptors (Lipinski definition) is 2. The lowest BCUT2D eigenvalue weighted by atomic mass is 9.98. The maximum atomic E-state index is 4.37. The zero-order valence-corrected chi connectivity index (χ0v) is 22.2. The van der Waals surface area contributed by atoms with Crippen LogP contribution in [0.4, 0.5) is 0 Å². The molecule has 0 aliphatic carbocycles. The minimum atomic E-state index is 1.11. The fourth-order valence-corrected chi connectivity index (χ4v) is 5.90. The van der Waals surface area contributed by atoms with E-state index in [1.165, 1.54) is 33.5 Å². The second kappa shape index (κ2) is 9.07. The number of fused-ring (bicyclic) bond motifs is 3. The zero-order chi connectivity index (χ0) is 26.5. The Kier molecular flexibility index (Phi) is 5.37. The summed E-state index contributed by atoms with van der Waals surface area (Å²) >= 11 is 0. The smallest absolute Gasteiger partial charge is 0.293 e. The van der Waals surface area contributed by atoms with Crippen LogP contribution in [-0.4, -0.2) is 19.1 Å². The summed E-state index contributed by atoms with van der Waals surface area (Å²) in [5.41, 5.74) is 10.6. The Morgan fingerprint density at radius 3 is 1.97 bits per heavy atom. The highest BCUT2D eigenvalue weighted by Gasteiger charge is 2.22. The van der Waals surface area contributed by atoms with Crippen molar-refractivity contribution in [1.29, 1.82) is 0 Å². The molecule has 4 aromatic heterocycles. The first-order valence-corrected chi connectivity index (χ1v) is 13.1. The molecular weight excluding hydrogens is 478 g/mol. The number of rotatable bonds is 4. The van der Waals surface area contributed by atoms with E-state index in [4.69, 9.17) is 0 Å². The molecule has 0 N–H and O–H groups in total. The third kappa shape index (κ3) is 3.74. The summed E-state index contributed by atoms with van der Waals surface area (Å²) in [5.74, 6) is 1.16. The molecule has 0 aliphatic rings. The molecule has 0 saturated heterocycles. The van der Waals surface area contributed by atoms with Crippen LogP contribution in [-0.2, 0) is 7.05 Å². The van der Waals surface area contributed by atoms with Gasteiger partial charge in [0.05, 0.1) is 23.6 Å². The van der Waals surface area contributed by atoms with Gasteiger partial charge in [-0.15, -0.1) is 0 Å². The van der Waals surface area contributed by atoms with Crippen molar-refractivity contribution >= 4 is 21.8 Å². The molecule has 3 aromatic carbocycles. The zero-order valence-electron chi connectivity index (χ0n) is 22.2. The third-order valence-corrected chi connectivity index (χ3v) is 7.57. The number of imidazole rings is 1. The van der Waals surface area contributed by atoms with E-state index < -0.39 is 0 Å². The summed E-state index contributed by atoms with van der Waals surface area (Å²) in [6.45, 7) is 4.41. The number of aromatic nitrogens is 5. The number of benzene rings is 3. The average molecular weight is 507 g/mol. The van der Waals surface area contributed by atoms with Gasteiger partial charge in [0.15, 0.2) is 0 Å². The van der Waals surface area contributed by atoms with Crippen LogP contribution in [0.2, 0.25) is 0 Å². The molecule has 0 spiro atoms. The van der Waals surface area contributed by atoms with Gasteiger partial charge in [0, 0.05) is 41.2 Å². The maximum Gasteiger partial charge on any atom is 0.293 e. The number of pyridine rings is 2. The fraction of sp³-hybridized carbons (Fsp3) is 0.0882. The molecule has 7 aromatic rings. The van der Waals surface area contributed by atoms with E-state index in [1.54, 1.807) is 0 Å². The second-order valence-electron chi connectivity index (χ2n) is 10.1. The standard InChI is InChI=1S/C34H28N5/c1-23-18-27(19-24(2)33(23)38-17-16-37(3)34(38)25-8-5-4-6-9-25)26-10-7-11-28(20-26)39-31-12-14-35-21-29(31)30-22-36-15-13-32(30)39/h4-22H,1-3H3/q+1. The lowest BCUT2D eigenvalue weighted by Crippen LogP contribution is -2.29. The van der Waals surface area contributed by atoms with Crippen molar-refractivity contribution in [2.24, 2.45) is 7.05 Å². The Morgan fingerprint density at radius 1 is 0.667 bits per heavy atom. The minimum absolute atomic E-state index is 1.11. The van der Waals surface area contributed by atoms with Crippen molar-refractivity contribution in [3.63, 3.8) is 0 Å². The van der Waals surface area contributed by atoms with Gasteiger partial charge < -0.3 is 4.57 Å². The minimum Gasteiger partial charge on any atom is -0.309 e. The highest BCUT2D eigenvalue weighted by Crippen LogP contribution is 2.34. The van der Waals surface area contributed by atoms with Crippen LogP contribution in [0.5, 0.6) is 0 Å². The molecule has 0 aliphatic heterocycles. The summed E-state index contributed by atoms with van der Waals surface area (Å²) in [6.07, 6.45) is 11.8. The van der Waals surface area contributed by atoms with E-state index in [-0.39, 0.29) is 0 Å². The Labute approximate surface area is 227 Å². The number of aryl methyl sites for hydroxylation is 3. The first-order valence-electron chi connectivity index (χ1n) is 13.1. The highest BCUT2D eigenvalue weighted by molar-refractivity contribution is 6.08. The van der Waals surface area contributed by atoms with Gasteiger partial charge in [0.2, 0.25) is 0 Å². The van der Waals surface area contributed by atoms with Crippen LogP contribution < -0.4 is 4.57 Å². The normalized spacial score (nSPS) is 11.5. The second-order valence-corrected chi connectivity index (χ2v) is 10.1. The summed E-state index contributed by atoms with van der Waals surface area (Å²) in [6, 6.07) is 28.1. The molecule has 0 bridgehead atoms. The largest absolute Gasteiger partial charge is 0.309 e. The van der Waals surface area contributed by atoms with Crippen LogP contribution in [0.15, 0.2) is 116 Å². The molecule has 39 heavy (non-hydrogen) atoms. The van der Waals surface area contributed by atoms with Gasteiger partial charge in [-0.25, -0.2) is 4.57 Å². The molecular formula is C34H28N5+. The van der Waals surface area contributed by atoms with Gasteiger partial charge in [0.25, 0.3) is 5.82 Å². The summed E-state index contributed by atoms with van der Waals surface area (Å²) in [5, 5.41) is 2.22. The van der Waals surface area contributed by atoms with Crippen LogP contribution in [0.1, 0.15) is 11.1 Å². The Bertz CT molecular complexity index is 1920. The first-order chi connectivity index (χ1) is 19.1. The number of hydrogen-bond donors (Lipinski definition) is 0. The molecule has 0 radical (unpaired) electrons.